The van der Waals surface area contributed by atoms with Crippen LogP contribution >= 0.6 is 0 Å². The van der Waals surface area contributed by atoms with E-state index in [9.17, 15) is 9.59 Å². The van der Waals surface area contributed by atoms with Crippen LogP contribution in [0, 0.1) is 0 Å². The van der Waals surface area contributed by atoms with Gasteiger partial charge in [0.25, 0.3) is 11.7 Å². The standard InChI is InChI=1S/C27H24N4O3/c32-24(28-23-17-9-13-19-10-7-8-16-22(19)23)18-34-27(33)25-29-26(20-11-3-1-4-12-20)31(30-25)21-14-5-2-6-15-21/h1-8,10-12,14-16,23H,9,13,17-18H2,(H,28,32). The van der Waals surface area contributed by atoms with Gasteiger partial charge in [-0.05, 0) is 42.5 Å². The summed E-state index contributed by atoms with van der Waals surface area (Å²) < 4.78 is 6.87. The summed E-state index contributed by atoms with van der Waals surface area (Å²) in [5.41, 5.74) is 3.96. The van der Waals surface area contributed by atoms with Crippen molar-refractivity contribution in [3.05, 3.63) is 102 Å². The molecule has 1 N–H and O–H groups in total. The van der Waals surface area contributed by atoms with E-state index in [4.69, 9.17) is 4.74 Å². The molecule has 0 bridgehead atoms. The van der Waals surface area contributed by atoms with Gasteiger partial charge in [-0.2, -0.15) is 0 Å². The van der Waals surface area contributed by atoms with Gasteiger partial charge < -0.3 is 10.1 Å². The number of esters is 1. The Hall–Kier alpha value is -4.26. The van der Waals surface area contributed by atoms with Gasteiger partial charge in [0.05, 0.1) is 11.7 Å². The number of ether oxygens (including phenoxy) is 1. The molecule has 5 rings (SSSR count). The van der Waals surface area contributed by atoms with Crippen molar-refractivity contribution in [2.24, 2.45) is 0 Å². The van der Waals surface area contributed by atoms with Crippen LogP contribution in [0.25, 0.3) is 17.1 Å². The van der Waals surface area contributed by atoms with Gasteiger partial charge in [-0.1, -0.05) is 72.8 Å². The van der Waals surface area contributed by atoms with Crippen molar-refractivity contribution in [1.29, 1.82) is 0 Å². The Morgan fingerprint density at radius 3 is 2.44 bits per heavy atom. The lowest BCUT2D eigenvalue weighted by Gasteiger charge is -2.26. The van der Waals surface area contributed by atoms with Gasteiger partial charge in [0.15, 0.2) is 12.4 Å². The van der Waals surface area contributed by atoms with Crippen LogP contribution in [0.4, 0.5) is 0 Å². The Kier molecular flexibility index (Phi) is 6.16. The normalized spacial score (nSPS) is 14.8. The van der Waals surface area contributed by atoms with E-state index in [1.165, 1.54) is 5.56 Å². The second-order valence-electron chi connectivity index (χ2n) is 8.16. The molecule has 0 aliphatic heterocycles. The minimum absolute atomic E-state index is 0.0729. The highest BCUT2D eigenvalue weighted by molar-refractivity contribution is 5.88. The molecule has 1 aliphatic carbocycles. The minimum atomic E-state index is -0.744. The van der Waals surface area contributed by atoms with Crippen LogP contribution in [-0.4, -0.2) is 33.2 Å². The van der Waals surface area contributed by atoms with Gasteiger partial charge in [-0.3, -0.25) is 4.79 Å². The van der Waals surface area contributed by atoms with Gasteiger partial charge in [-0.15, -0.1) is 5.10 Å². The first-order valence-corrected chi connectivity index (χ1v) is 11.3. The number of fused-ring (bicyclic) bond motifs is 1. The van der Waals surface area contributed by atoms with Crippen molar-refractivity contribution >= 4 is 11.9 Å². The molecule has 0 spiro atoms. The number of aromatic nitrogens is 3. The highest BCUT2D eigenvalue weighted by atomic mass is 16.5. The molecule has 3 aromatic carbocycles. The van der Waals surface area contributed by atoms with Crippen LogP contribution in [0.15, 0.2) is 84.9 Å². The van der Waals surface area contributed by atoms with E-state index in [-0.39, 0.29) is 17.8 Å². The summed E-state index contributed by atoms with van der Waals surface area (Å²) in [4.78, 5) is 29.7. The molecule has 7 nitrogen and oxygen atoms in total. The number of benzene rings is 3. The second-order valence-corrected chi connectivity index (χ2v) is 8.16. The number of amides is 1. The highest BCUT2D eigenvalue weighted by Gasteiger charge is 2.24. The van der Waals surface area contributed by atoms with Crippen LogP contribution in [0.5, 0.6) is 0 Å². The highest BCUT2D eigenvalue weighted by Crippen LogP contribution is 2.29. The maximum Gasteiger partial charge on any atom is 0.378 e. The first kappa shape index (κ1) is 21.6. The molecule has 1 aliphatic rings. The molecule has 0 saturated heterocycles. The van der Waals surface area contributed by atoms with Gasteiger partial charge in [0, 0.05) is 5.56 Å². The molecule has 0 radical (unpaired) electrons. The van der Waals surface area contributed by atoms with Crippen LogP contribution in [0.2, 0.25) is 0 Å². The average Bonchev–Trinajstić information content (AvgIpc) is 3.34. The van der Waals surface area contributed by atoms with Gasteiger partial charge in [-0.25, -0.2) is 14.5 Å². The first-order chi connectivity index (χ1) is 16.7. The SMILES string of the molecule is O=C(COC(=O)c1nc(-c2ccccc2)n(-c2ccccc2)n1)NC1CCCc2ccccc21. The van der Waals surface area contributed by atoms with Gasteiger partial charge in [0.2, 0.25) is 0 Å². The molecule has 1 unspecified atom stereocenters. The summed E-state index contributed by atoms with van der Waals surface area (Å²) in [6, 6.07) is 27.0. The second kappa shape index (κ2) is 9.70. The molecule has 0 saturated carbocycles. The van der Waals surface area contributed by atoms with E-state index in [1.54, 1.807) is 4.68 Å². The molecule has 1 atom stereocenters. The smallest absolute Gasteiger partial charge is 0.378 e. The molecule has 1 aromatic heterocycles. The third kappa shape index (κ3) is 4.59. The van der Waals surface area contributed by atoms with Crippen LogP contribution in [0.1, 0.15) is 40.6 Å². The van der Waals surface area contributed by atoms with E-state index >= 15 is 0 Å². The van der Waals surface area contributed by atoms with Crippen molar-refractivity contribution in [1.82, 2.24) is 20.1 Å². The Balaban J connectivity index is 1.30. The monoisotopic (exact) mass is 452 g/mol. The predicted molar refractivity (Wildman–Crippen MR) is 127 cm³/mol. The van der Waals surface area contributed by atoms with Crippen molar-refractivity contribution in [2.45, 2.75) is 25.3 Å². The lowest BCUT2D eigenvalue weighted by atomic mass is 9.88. The fraction of sp³-hybridized carbons (Fsp3) is 0.185. The molecular formula is C27H24N4O3. The van der Waals surface area contributed by atoms with Crippen molar-refractivity contribution < 1.29 is 14.3 Å². The Labute approximate surface area is 197 Å². The Bertz CT molecular complexity index is 1240. The number of hydrogen-bond donors (Lipinski definition) is 1. The van der Waals surface area contributed by atoms with Crippen molar-refractivity contribution in [2.75, 3.05) is 6.61 Å². The summed E-state index contributed by atoms with van der Waals surface area (Å²) in [6.45, 7) is -0.391. The molecule has 7 heteroatoms. The van der Waals surface area contributed by atoms with E-state index in [1.807, 2.05) is 78.9 Å². The predicted octanol–water partition coefficient (Wildman–Crippen LogP) is 4.28. The van der Waals surface area contributed by atoms with E-state index in [0.29, 0.717) is 5.82 Å². The van der Waals surface area contributed by atoms with Crippen molar-refractivity contribution in [3.8, 4) is 17.1 Å². The zero-order chi connectivity index (χ0) is 23.3. The summed E-state index contributed by atoms with van der Waals surface area (Å²) in [6.07, 6.45) is 2.88. The molecule has 1 amide bonds. The number of rotatable bonds is 6. The quantitative estimate of drug-likeness (QED) is 0.441. The van der Waals surface area contributed by atoms with Gasteiger partial charge in [0.1, 0.15) is 0 Å². The zero-order valence-electron chi connectivity index (χ0n) is 18.6. The largest absolute Gasteiger partial charge is 0.450 e. The van der Waals surface area contributed by atoms with Crippen LogP contribution in [0.3, 0.4) is 0 Å². The molecule has 34 heavy (non-hydrogen) atoms. The van der Waals surface area contributed by atoms with Crippen LogP contribution < -0.4 is 5.32 Å². The lowest BCUT2D eigenvalue weighted by Crippen LogP contribution is -2.34. The first-order valence-electron chi connectivity index (χ1n) is 11.3. The number of nitrogens with one attached hydrogen (secondary N) is 1. The maximum atomic E-state index is 12.7. The summed E-state index contributed by atoms with van der Waals surface area (Å²) in [7, 11) is 0. The number of hydrogen-bond acceptors (Lipinski definition) is 5. The lowest BCUT2D eigenvalue weighted by molar-refractivity contribution is -0.125. The summed E-state index contributed by atoms with van der Waals surface area (Å²) in [5.74, 6) is -0.674. The number of carbonyl (C=O) groups excluding carboxylic acids is 2. The van der Waals surface area contributed by atoms with Crippen LogP contribution in [-0.2, 0) is 16.0 Å². The van der Waals surface area contributed by atoms with Gasteiger partial charge >= 0.3 is 5.97 Å². The number of carbonyl (C=O) groups is 2. The Morgan fingerprint density at radius 2 is 1.65 bits per heavy atom. The average molecular weight is 453 g/mol. The molecule has 0 fully saturated rings. The molecular weight excluding hydrogens is 428 g/mol. The fourth-order valence-electron chi connectivity index (χ4n) is 4.26. The van der Waals surface area contributed by atoms with E-state index in [0.717, 1.165) is 36.1 Å². The summed E-state index contributed by atoms with van der Waals surface area (Å²) in [5, 5.41) is 7.37. The third-order valence-electron chi connectivity index (χ3n) is 5.86. The van der Waals surface area contributed by atoms with E-state index < -0.39 is 12.6 Å². The number of para-hydroxylation sites is 1. The zero-order valence-corrected chi connectivity index (χ0v) is 18.6. The molecule has 4 aromatic rings. The minimum Gasteiger partial charge on any atom is -0.450 e. The number of aryl methyl sites for hydroxylation is 1. The topological polar surface area (TPSA) is 86.1 Å². The fourth-order valence-corrected chi connectivity index (χ4v) is 4.26. The maximum absolute atomic E-state index is 12.7. The number of nitrogens with zero attached hydrogens (tertiary/aromatic N) is 3. The van der Waals surface area contributed by atoms with Crippen molar-refractivity contribution in [3.63, 3.8) is 0 Å². The molecule has 1 heterocycles. The molecule has 170 valence electrons. The third-order valence-corrected chi connectivity index (χ3v) is 5.86. The Morgan fingerprint density at radius 1 is 0.941 bits per heavy atom. The van der Waals surface area contributed by atoms with E-state index in [2.05, 4.69) is 21.5 Å². The summed E-state index contributed by atoms with van der Waals surface area (Å²) >= 11 is 0.